The molecule has 0 spiro atoms. The van der Waals surface area contributed by atoms with Crippen molar-refractivity contribution in [3.63, 3.8) is 0 Å². The molecule has 0 atom stereocenters. The van der Waals surface area contributed by atoms with Crippen molar-refractivity contribution >= 4 is 26.0 Å². The van der Waals surface area contributed by atoms with Crippen molar-refractivity contribution in [2.45, 2.75) is 38.6 Å². The molecule has 0 unspecified atom stereocenters. The quantitative estimate of drug-likeness (QED) is 0.840. The van der Waals surface area contributed by atoms with Crippen LogP contribution in [0.4, 0.5) is 0 Å². The van der Waals surface area contributed by atoms with Gasteiger partial charge in [-0.05, 0) is 27.7 Å². The standard InChI is InChI=1S/C10H18BrN3O2S/c1-7(2)14(6-5-11)17(15,16)10-8(3)12-13-9(10)4/h7H,5-6H2,1-4H3,(H,12,13). The van der Waals surface area contributed by atoms with Crippen molar-refractivity contribution in [1.82, 2.24) is 14.5 Å². The fourth-order valence-electron chi connectivity index (χ4n) is 1.78. The molecule has 17 heavy (non-hydrogen) atoms. The molecule has 98 valence electrons. The molecule has 0 aliphatic carbocycles. The van der Waals surface area contributed by atoms with Gasteiger partial charge in [-0.1, -0.05) is 15.9 Å². The Morgan fingerprint density at radius 1 is 1.41 bits per heavy atom. The van der Waals surface area contributed by atoms with Gasteiger partial charge in [0, 0.05) is 17.9 Å². The topological polar surface area (TPSA) is 66.1 Å². The molecule has 0 fully saturated rings. The minimum Gasteiger partial charge on any atom is -0.281 e. The van der Waals surface area contributed by atoms with Gasteiger partial charge in [0.1, 0.15) is 4.90 Å². The van der Waals surface area contributed by atoms with Crippen molar-refractivity contribution in [3.8, 4) is 0 Å². The van der Waals surface area contributed by atoms with E-state index in [2.05, 4.69) is 26.1 Å². The maximum atomic E-state index is 12.5. The monoisotopic (exact) mass is 323 g/mol. The van der Waals surface area contributed by atoms with Crippen LogP contribution in [0.1, 0.15) is 25.2 Å². The van der Waals surface area contributed by atoms with Crippen LogP contribution in [0.25, 0.3) is 0 Å². The first-order valence-electron chi connectivity index (χ1n) is 5.41. The maximum Gasteiger partial charge on any atom is 0.246 e. The number of hydrogen-bond acceptors (Lipinski definition) is 3. The minimum absolute atomic E-state index is 0.0775. The lowest BCUT2D eigenvalue weighted by atomic mass is 10.4. The van der Waals surface area contributed by atoms with Gasteiger partial charge in [-0.25, -0.2) is 8.42 Å². The van der Waals surface area contributed by atoms with Crippen LogP contribution < -0.4 is 0 Å². The van der Waals surface area contributed by atoms with Gasteiger partial charge in [0.25, 0.3) is 0 Å². The van der Waals surface area contributed by atoms with Crippen LogP contribution in [0.15, 0.2) is 4.90 Å². The Morgan fingerprint density at radius 3 is 2.35 bits per heavy atom. The van der Waals surface area contributed by atoms with Crippen LogP contribution in [0, 0.1) is 13.8 Å². The summed E-state index contributed by atoms with van der Waals surface area (Å²) in [7, 11) is -3.47. The Bertz CT molecular complexity index is 462. The SMILES string of the molecule is Cc1n[nH]c(C)c1S(=O)(=O)N(CCBr)C(C)C. The molecule has 1 N–H and O–H groups in total. The summed E-state index contributed by atoms with van der Waals surface area (Å²) >= 11 is 3.28. The summed E-state index contributed by atoms with van der Waals surface area (Å²) in [5.41, 5.74) is 1.10. The van der Waals surface area contributed by atoms with Crippen LogP contribution in [0.5, 0.6) is 0 Å². The summed E-state index contributed by atoms with van der Waals surface area (Å²) in [5.74, 6) is 0. The number of sulfonamides is 1. The number of aromatic amines is 1. The number of aryl methyl sites for hydroxylation is 2. The third-order valence-electron chi connectivity index (χ3n) is 2.51. The Kier molecular flexibility index (Phi) is 4.74. The van der Waals surface area contributed by atoms with Crippen molar-refractivity contribution in [1.29, 1.82) is 0 Å². The molecule has 0 aromatic carbocycles. The van der Waals surface area contributed by atoms with E-state index in [4.69, 9.17) is 0 Å². The second-order valence-corrected chi connectivity index (χ2v) is 6.78. The van der Waals surface area contributed by atoms with Crippen LogP contribution in [-0.2, 0) is 10.0 Å². The van der Waals surface area contributed by atoms with Gasteiger partial charge in [-0.3, -0.25) is 5.10 Å². The third kappa shape index (κ3) is 2.89. The summed E-state index contributed by atoms with van der Waals surface area (Å²) in [6.07, 6.45) is 0. The zero-order valence-corrected chi connectivity index (χ0v) is 12.9. The van der Waals surface area contributed by atoms with E-state index in [-0.39, 0.29) is 6.04 Å². The number of halogens is 1. The molecule has 0 bridgehead atoms. The molecule has 1 aromatic heterocycles. The molecule has 0 saturated heterocycles. The number of rotatable bonds is 5. The van der Waals surface area contributed by atoms with Crippen LogP contribution in [-0.4, -0.2) is 40.8 Å². The van der Waals surface area contributed by atoms with Gasteiger partial charge in [0.2, 0.25) is 10.0 Å². The van der Waals surface area contributed by atoms with Gasteiger partial charge in [0.15, 0.2) is 0 Å². The second-order valence-electron chi connectivity index (χ2n) is 4.16. The number of aromatic nitrogens is 2. The second kappa shape index (κ2) is 5.49. The van der Waals surface area contributed by atoms with Crippen molar-refractivity contribution in [2.75, 3.05) is 11.9 Å². The lowest BCUT2D eigenvalue weighted by Gasteiger charge is -2.25. The normalized spacial score (nSPS) is 12.6. The molecule has 1 aromatic rings. The van der Waals surface area contributed by atoms with E-state index in [9.17, 15) is 8.42 Å². The summed E-state index contributed by atoms with van der Waals surface area (Å²) in [5, 5.41) is 7.26. The average Bonchev–Trinajstić information content (AvgIpc) is 2.54. The van der Waals surface area contributed by atoms with Crippen molar-refractivity contribution < 1.29 is 8.42 Å². The van der Waals surface area contributed by atoms with Crippen molar-refractivity contribution in [2.24, 2.45) is 0 Å². The van der Waals surface area contributed by atoms with E-state index >= 15 is 0 Å². The maximum absolute atomic E-state index is 12.5. The zero-order chi connectivity index (χ0) is 13.2. The summed E-state index contributed by atoms with van der Waals surface area (Å²) < 4.78 is 26.5. The molecule has 0 radical (unpaired) electrons. The van der Waals surface area contributed by atoms with Gasteiger partial charge in [0.05, 0.1) is 11.4 Å². The molecule has 1 heterocycles. The highest BCUT2D eigenvalue weighted by Gasteiger charge is 2.30. The number of H-pyrrole nitrogens is 1. The Balaban J connectivity index is 3.26. The first-order chi connectivity index (χ1) is 7.82. The van der Waals surface area contributed by atoms with E-state index in [1.165, 1.54) is 4.31 Å². The lowest BCUT2D eigenvalue weighted by Crippen LogP contribution is -2.38. The highest BCUT2D eigenvalue weighted by atomic mass is 79.9. The summed E-state index contributed by atoms with van der Waals surface area (Å²) in [6, 6.07) is -0.0775. The highest BCUT2D eigenvalue weighted by Crippen LogP contribution is 2.23. The summed E-state index contributed by atoms with van der Waals surface area (Å²) in [6.45, 7) is 7.60. The minimum atomic E-state index is -3.47. The molecular formula is C10H18BrN3O2S. The molecule has 0 saturated carbocycles. The number of hydrogen-bond donors (Lipinski definition) is 1. The molecule has 0 amide bonds. The third-order valence-corrected chi connectivity index (χ3v) is 5.20. The van der Waals surface area contributed by atoms with Gasteiger partial charge in [-0.2, -0.15) is 9.40 Å². The first-order valence-corrected chi connectivity index (χ1v) is 7.98. The number of nitrogens with one attached hydrogen (secondary N) is 1. The van der Waals surface area contributed by atoms with Crippen LogP contribution in [0.3, 0.4) is 0 Å². The van der Waals surface area contributed by atoms with Crippen LogP contribution >= 0.6 is 15.9 Å². The zero-order valence-electron chi connectivity index (χ0n) is 10.5. The largest absolute Gasteiger partial charge is 0.281 e. The van der Waals surface area contributed by atoms with E-state index in [1.54, 1.807) is 13.8 Å². The van der Waals surface area contributed by atoms with E-state index in [0.29, 0.717) is 28.2 Å². The Hall–Kier alpha value is -0.400. The summed E-state index contributed by atoms with van der Waals surface area (Å²) in [4.78, 5) is 0.298. The molecule has 5 nitrogen and oxygen atoms in total. The molecule has 0 aliphatic heterocycles. The fourth-order valence-corrected chi connectivity index (χ4v) is 4.37. The van der Waals surface area contributed by atoms with Crippen molar-refractivity contribution in [3.05, 3.63) is 11.4 Å². The van der Waals surface area contributed by atoms with Gasteiger partial charge >= 0.3 is 0 Å². The predicted octanol–water partition coefficient (Wildman–Crippen LogP) is 1.82. The van der Waals surface area contributed by atoms with Crippen LogP contribution in [0.2, 0.25) is 0 Å². The van der Waals surface area contributed by atoms with E-state index in [0.717, 1.165) is 0 Å². The molecule has 7 heteroatoms. The molecular weight excluding hydrogens is 306 g/mol. The highest BCUT2D eigenvalue weighted by molar-refractivity contribution is 9.09. The lowest BCUT2D eigenvalue weighted by molar-refractivity contribution is 0.371. The Labute approximate surface area is 111 Å². The fraction of sp³-hybridized carbons (Fsp3) is 0.700. The van der Waals surface area contributed by atoms with E-state index < -0.39 is 10.0 Å². The smallest absolute Gasteiger partial charge is 0.246 e. The Morgan fingerprint density at radius 2 is 2.00 bits per heavy atom. The average molecular weight is 324 g/mol. The first kappa shape index (κ1) is 14.7. The van der Waals surface area contributed by atoms with Gasteiger partial charge in [-0.15, -0.1) is 0 Å². The number of alkyl halides is 1. The molecule has 0 aliphatic rings. The number of nitrogens with zero attached hydrogens (tertiary/aromatic N) is 2. The predicted molar refractivity (Wildman–Crippen MR) is 70.9 cm³/mol. The molecule has 1 rings (SSSR count). The van der Waals surface area contributed by atoms with Gasteiger partial charge < -0.3 is 0 Å². The van der Waals surface area contributed by atoms with E-state index in [1.807, 2.05) is 13.8 Å².